The highest BCUT2D eigenvalue weighted by Crippen LogP contribution is 2.20. The molecule has 3 amide bonds. The van der Waals surface area contributed by atoms with E-state index in [-0.39, 0.29) is 12.3 Å². The lowest BCUT2D eigenvalue weighted by Gasteiger charge is -2.19. The van der Waals surface area contributed by atoms with Gasteiger partial charge >= 0.3 is 0 Å². The zero-order chi connectivity index (χ0) is 22.1. The minimum absolute atomic E-state index is 0.0889. The molecule has 0 radical (unpaired) electrons. The maximum atomic E-state index is 12.3. The van der Waals surface area contributed by atoms with E-state index in [9.17, 15) is 19.5 Å². The van der Waals surface area contributed by atoms with Crippen LogP contribution in [0.2, 0.25) is 0 Å². The van der Waals surface area contributed by atoms with Crippen LogP contribution >= 0.6 is 0 Å². The lowest BCUT2D eigenvalue weighted by molar-refractivity contribution is -0.133. The summed E-state index contributed by atoms with van der Waals surface area (Å²) in [4.78, 5) is 35.6. The number of rotatable bonds is 9. The Hall–Kier alpha value is -3.27. The van der Waals surface area contributed by atoms with Gasteiger partial charge in [0.25, 0.3) is 11.8 Å². The van der Waals surface area contributed by atoms with Gasteiger partial charge in [-0.05, 0) is 35.7 Å². The van der Waals surface area contributed by atoms with Crippen LogP contribution in [0.25, 0.3) is 11.1 Å². The van der Waals surface area contributed by atoms with Crippen LogP contribution in [0.3, 0.4) is 0 Å². The maximum Gasteiger partial charge on any atom is 0.268 e. The molecule has 0 bridgehead atoms. The van der Waals surface area contributed by atoms with E-state index in [1.165, 1.54) is 12.4 Å². The Morgan fingerprint density at radius 3 is 2.07 bits per heavy atom. The highest BCUT2D eigenvalue weighted by molar-refractivity contribution is 5.98. The molecule has 9 nitrogen and oxygen atoms in total. The Morgan fingerprint density at radius 2 is 1.57 bits per heavy atom. The second-order valence-electron chi connectivity index (χ2n) is 6.76. The van der Waals surface area contributed by atoms with E-state index < -0.39 is 24.0 Å². The summed E-state index contributed by atoms with van der Waals surface area (Å²) >= 11 is 0. The summed E-state index contributed by atoms with van der Waals surface area (Å²) in [6, 6.07) is 12.9. The van der Waals surface area contributed by atoms with E-state index in [1.807, 2.05) is 24.3 Å². The van der Waals surface area contributed by atoms with Crippen LogP contribution < -0.4 is 21.8 Å². The number of aliphatic hydroxyl groups excluding tert-OH is 1. The molecule has 0 unspecified atom stereocenters. The van der Waals surface area contributed by atoms with Gasteiger partial charge in [0.2, 0.25) is 5.91 Å². The first-order chi connectivity index (χ1) is 14.3. The number of nitrogens with two attached hydrogens (primary N) is 1. The van der Waals surface area contributed by atoms with E-state index in [0.717, 1.165) is 16.7 Å². The topological polar surface area (TPSA) is 154 Å². The van der Waals surface area contributed by atoms with Gasteiger partial charge < -0.3 is 21.5 Å². The van der Waals surface area contributed by atoms with Crippen LogP contribution in [0.4, 0.5) is 0 Å². The van der Waals surface area contributed by atoms with Gasteiger partial charge in [0.1, 0.15) is 6.04 Å². The summed E-state index contributed by atoms with van der Waals surface area (Å²) in [6.45, 7) is 2.17. The Kier molecular flexibility index (Phi) is 8.48. The molecule has 7 N–H and O–H groups in total. The fourth-order valence-corrected chi connectivity index (χ4v) is 2.79. The Labute approximate surface area is 174 Å². The maximum absolute atomic E-state index is 12.3. The normalized spacial score (nSPS) is 12.5. The minimum Gasteiger partial charge on any atom is -0.391 e. The molecule has 0 saturated heterocycles. The molecule has 160 valence electrons. The van der Waals surface area contributed by atoms with Crippen LogP contribution in [-0.2, 0) is 16.0 Å². The third-order valence-electron chi connectivity index (χ3n) is 4.43. The van der Waals surface area contributed by atoms with E-state index in [4.69, 9.17) is 10.9 Å². The van der Waals surface area contributed by atoms with Gasteiger partial charge in [-0.25, -0.2) is 5.48 Å². The third kappa shape index (κ3) is 6.38. The average Bonchev–Trinajstić information content (AvgIpc) is 2.75. The zero-order valence-corrected chi connectivity index (χ0v) is 16.6. The van der Waals surface area contributed by atoms with Crippen LogP contribution in [0.1, 0.15) is 22.8 Å². The van der Waals surface area contributed by atoms with Gasteiger partial charge in [0.05, 0.1) is 12.5 Å². The Morgan fingerprint density at radius 1 is 1.00 bits per heavy atom. The Bertz CT molecular complexity index is 866. The highest BCUT2D eigenvalue weighted by Gasteiger charge is 2.25. The predicted octanol–water partition coefficient (Wildman–Crippen LogP) is -0.0444. The fourth-order valence-electron chi connectivity index (χ4n) is 2.79. The molecule has 0 aromatic heterocycles. The van der Waals surface area contributed by atoms with E-state index in [0.29, 0.717) is 18.7 Å². The van der Waals surface area contributed by atoms with Gasteiger partial charge in [-0.2, -0.15) is 0 Å². The SMILES string of the molecule is C[C@@H](O)[C@H](NC(=O)c1ccc(-c2ccc(CC(=O)NCCN)cc2)cc1)C(=O)NO. The van der Waals surface area contributed by atoms with Crippen molar-refractivity contribution in [3.8, 4) is 11.1 Å². The number of benzene rings is 2. The van der Waals surface area contributed by atoms with Crippen molar-refractivity contribution in [2.75, 3.05) is 13.1 Å². The number of aliphatic hydroxyl groups is 1. The number of amides is 3. The lowest BCUT2D eigenvalue weighted by atomic mass is 10.0. The standard InChI is InChI=1S/C21H26N4O5/c1-13(26)19(21(29)25-30)24-20(28)17-8-6-16(7-9-17)15-4-2-14(3-5-15)12-18(27)23-11-10-22/h2-9,13,19,26,30H,10-12,22H2,1H3,(H,23,27)(H,24,28)(H,25,29)/t13-,19+/m1/s1. The Balaban J connectivity index is 2.03. The minimum atomic E-state index is -1.28. The summed E-state index contributed by atoms with van der Waals surface area (Å²) in [5.74, 6) is -1.56. The van der Waals surface area contributed by atoms with Crippen LogP contribution in [0, 0.1) is 0 Å². The summed E-state index contributed by atoms with van der Waals surface area (Å²) in [5, 5.41) is 23.4. The number of hydrogen-bond donors (Lipinski definition) is 6. The van der Waals surface area contributed by atoms with Gasteiger partial charge in [-0.15, -0.1) is 0 Å². The molecule has 0 aliphatic heterocycles. The quantitative estimate of drug-likeness (QED) is 0.250. The average molecular weight is 414 g/mol. The van der Waals surface area contributed by atoms with Crippen LogP contribution in [0.5, 0.6) is 0 Å². The molecule has 0 heterocycles. The lowest BCUT2D eigenvalue weighted by Crippen LogP contribution is -2.51. The summed E-state index contributed by atoms with van der Waals surface area (Å²) in [5.41, 5.74) is 9.72. The smallest absolute Gasteiger partial charge is 0.268 e. The number of carbonyl (C=O) groups excluding carboxylic acids is 3. The first-order valence-electron chi connectivity index (χ1n) is 9.44. The molecule has 0 aliphatic carbocycles. The third-order valence-corrected chi connectivity index (χ3v) is 4.43. The number of hydroxylamine groups is 1. The molecule has 2 rings (SSSR count). The van der Waals surface area contributed by atoms with Crippen molar-refractivity contribution in [2.45, 2.75) is 25.5 Å². The van der Waals surface area contributed by atoms with Crippen molar-refractivity contribution >= 4 is 17.7 Å². The molecule has 2 aromatic carbocycles. The monoisotopic (exact) mass is 414 g/mol. The molecule has 0 spiro atoms. The number of hydrogen-bond acceptors (Lipinski definition) is 6. The molecular weight excluding hydrogens is 388 g/mol. The van der Waals surface area contributed by atoms with E-state index >= 15 is 0 Å². The highest BCUT2D eigenvalue weighted by atomic mass is 16.5. The molecule has 2 aromatic rings. The zero-order valence-electron chi connectivity index (χ0n) is 16.6. The van der Waals surface area contributed by atoms with Gasteiger partial charge in [-0.1, -0.05) is 36.4 Å². The molecule has 30 heavy (non-hydrogen) atoms. The van der Waals surface area contributed by atoms with Crippen LogP contribution in [0.15, 0.2) is 48.5 Å². The molecular formula is C21H26N4O5. The van der Waals surface area contributed by atoms with Crippen molar-refractivity contribution in [1.82, 2.24) is 16.1 Å². The largest absolute Gasteiger partial charge is 0.391 e. The molecule has 2 atom stereocenters. The van der Waals surface area contributed by atoms with Crippen molar-refractivity contribution in [3.05, 3.63) is 59.7 Å². The van der Waals surface area contributed by atoms with Gasteiger partial charge in [-0.3, -0.25) is 19.6 Å². The second-order valence-corrected chi connectivity index (χ2v) is 6.76. The predicted molar refractivity (Wildman–Crippen MR) is 111 cm³/mol. The molecule has 0 fully saturated rings. The molecule has 0 saturated carbocycles. The molecule has 0 aliphatic rings. The number of carbonyl (C=O) groups is 3. The first-order valence-corrected chi connectivity index (χ1v) is 9.44. The van der Waals surface area contributed by atoms with E-state index in [1.54, 1.807) is 24.3 Å². The van der Waals surface area contributed by atoms with Crippen molar-refractivity contribution in [1.29, 1.82) is 0 Å². The first kappa shape index (κ1) is 23.0. The van der Waals surface area contributed by atoms with E-state index in [2.05, 4.69) is 10.6 Å². The summed E-state index contributed by atoms with van der Waals surface area (Å²) in [6.07, 6.45) is -0.915. The summed E-state index contributed by atoms with van der Waals surface area (Å²) < 4.78 is 0. The molecule has 9 heteroatoms. The number of nitrogens with one attached hydrogen (secondary N) is 3. The fraction of sp³-hybridized carbons (Fsp3) is 0.286. The van der Waals surface area contributed by atoms with Crippen LogP contribution in [-0.4, -0.2) is 53.3 Å². The van der Waals surface area contributed by atoms with Crippen molar-refractivity contribution in [2.24, 2.45) is 5.73 Å². The van der Waals surface area contributed by atoms with Crippen molar-refractivity contribution in [3.63, 3.8) is 0 Å². The van der Waals surface area contributed by atoms with Gasteiger partial charge in [0, 0.05) is 18.7 Å². The van der Waals surface area contributed by atoms with Gasteiger partial charge in [0.15, 0.2) is 0 Å². The second kappa shape index (κ2) is 11.1. The summed E-state index contributed by atoms with van der Waals surface area (Å²) in [7, 11) is 0. The van der Waals surface area contributed by atoms with Crippen molar-refractivity contribution < 1.29 is 24.7 Å².